The maximum atomic E-state index is 12.4. The molecule has 0 spiro atoms. The molecule has 1 amide bonds. The van der Waals surface area contributed by atoms with Crippen molar-refractivity contribution >= 4 is 17.2 Å². The Labute approximate surface area is 118 Å². The Morgan fingerprint density at radius 3 is 2.79 bits per heavy atom. The van der Waals surface area contributed by atoms with Gasteiger partial charge in [-0.05, 0) is 38.5 Å². The van der Waals surface area contributed by atoms with E-state index in [1.165, 1.54) is 4.88 Å². The summed E-state index contributed by atoms with van der Waals surface area (Å²) in [6.45, 7) is 5.24. The van der Waals surface area contributed by atoms with Gasteiger partial charge in [-0.2, -0.15) is 0 Å². The van der Waals surface area contributed by atoms with Gasteiger partial charge in [0.1, 0.15) is 5.01 Å². The zero-order chi connectivity index (χ0) is 13.9. The molecule has 106 valence electrons. The number of rotatable bonds is 4. The largest absolute Gasteiger partial charge is 0.349 e. The molecule has 1 aliphatic rings. The number of nitrogens with one attached hydrogen (secondary N) is 1. The van der Waals surface area contributed by atoms with Gasteiger partial charge in [-0.15, -0.1) is 11.3 Å². The van der Waals surface area contributed by atoms with Crippen LogP contribution in [0.5, 0.6) is 0 Å². The van der Waals surface area contributed by atoms with Crippen LogP contribution >= 0.6 is 11.3 Å². The summed E-state index contributed by atoms with van der Waals surface area (Å²) in [5, 5.41) is 3.98. The van der Waals surface area contributed by atoms with E-state index < -0.39 is 0 Å². The Hall–Kier alpha value is -0.940. The van der Waals surface area contributed by atoms with E-state index in [4.69, 9.17) is 5.73 Å². The summed E-state index contributed by atoms with van der Waals surface area (Å²) in [6.07, 6.45) is 5.86. The SMILES string of the molecule is Cc1cnc(CNC(=O)C2(CN)CCC(C)CC2)s1. The van der Waals surface area contributed by atoms with Crippen LogP contribution in [0.25, 0.3) is 0 Å². The first-order valence-corrected chi connectivity index (χ1v) is 7.77. The van der Waals surface area contributed by atoms with Gasteiger partial charge in [0.25, 0.3) is 0 Å². The topological polar surface area (TPSA) is 68.0 Å². The molecule has 2 rings (SSSR count). The van der Waals surface area contributed by atoms with Crippen molar-refractivity contribution in [2.45, 2.75) is 46.1 Å². The number of hydrogen-bond acceptors (Lipinski definition) is 4. The molecule has 5 heteroatoms. The van der Waals surface area contributed by atoms with Gasteiger partial charge in [0, 0.05) is 17.6 Å². The standard InChI is InChI=1S/C14H23N3OS/c1-10-3-5-14(9-15,6-4-10)13(18)17-8-12-16-7-11(2)19-12/h7,10H,3-6,8-9,15H2,1-2H3,(H,17,18). The lowest BCUT2D eigenvalue weighted by Gasteiger charge is -2.37. The maximum absolute atomic E-state index is 12.4. The van der Waals surface area contributed by atoms with Crippen LogP contribution in [-0.4, -0.2) is 17.4 Å². The highest BCUT2D eigenvalue weighted by molar-refractivity contribution is 7.11. The average Bonchev–Trinajstić information content (AvgIpc) is 2.83. The van der Waals surface area contributed by atoms with Gasteiger partial charge in [-0.3, -0.25) is 4.79 Å². The Morgan fingerprint density at radius 1 is 1.58 bits per heavy atom. The van der Waals surface area contributed by atoms with Gasteiger partial charge in [0.15, 0.2) is 0 Å². The molecule has 3 N–H and O–H groups in total. The van der Waals surface area contributed by atoms with Crippen molar-refractivity contribution in [3.8, 4) is 0 Å². The van der Waals surface area contributed by atoms with Gasteiger partial charge in [-0.25, -0.2) is 4.98 Å². The monoisotopic (exact) mass is 281 g/mol. The smallest absolute Gasteiger partial charge is 0.227 e. The molecule has 1 saturated carbocycles. The van der Waals surface area contributed by atoms with Crippen LogP contribution in [0.15, 0.2) is 6.20 Å². The first-order chi connectivity index (χ1) is 9.05. The molecule has 0 radical (unpaired) electrons. The number of carbonyl (C=O) groups excluding carboxylic acids is 1. The van der Waals surface area contributed by atoms with E-state index in [2.05, 4.69) is 17.2 Å². The fraction of sp³-hybridized carbons (Fsp3) is 0.714. The van der Waals surface area contributed by atoms with Gasteiger partial charge in [0.05, 0.1) is 12.0 Å². The average molecular weight is 281 g/mol. The van der Waals surface area contributed by atoms with Gasteiger partial charge >= 0.3 is 0 Å². The Bertz CT molecular complexity index is 436. The number of aromatic nitrogens is 1. The Morgan fingerprint density at radius 2 is 2.26 bits per heavy atom. The summed E-state index contributed by atoms with van der Waals surface area (Å²) in [5.41, 5.74) is 5.54. The zero-order valence-corrected chi connectivity index (χ0v) is 12.6. The van der Waals surface area contributed by atoms with E-state index >= 15 is 0 Å². The molecule has 1 aromatic rings. The van der Waals surface area contributed by atoms with Crippen LogP contribution in [-0.2, 0) is 11.3 Å². The molecule has 0 saturated heterocycles. The number of thiazole rings is 1. The second-order valence-electron chi connectivity index (χ2n) is 5.71. The van der Waals surface area contributed by atoms with Crippen LogP contribution in [0.1, 0.15) is 42.5 Å². The lowest BCUT2D eigenvalue weighted by Crippen LogP contribution is -2.47. The third-order valence-electron chi connectivity index (χ3n) is 4.17. The van der Waals surface area contributed by atoms with E-state index in [0.717, 1.165) is 30.7 Å². The molecular weight excluding hydrogens is 258 g/mol. The van der Waals surface area contributed by atoms with Crippen molar-refractivity contribution in [1.29, 1.82) is 0 Å². The van der Waals surface area contributed by atoms with Crippen LogP contribution in [0.2, 0.25) is 0 Å². The highest BCUT2D eigenvalue weighted by atomic mass is 32.1. The first-order valence-electron chi connectivity index (χ1n) is 6.95. The third-order valence-corrected chi connectivity index (χ3v) is 5.09. The van der Waals surface area contributed by atoms with Crippen molar-refractivity contribution in [2.75, 3.05) is 6.54 Å². The van der Waals surface area contributed by atoms with Crippen LogP contribution in [0, 0.1) is 18.3 Å². The summed E-state index contributed by atoms with van der Waals surface area (Å²) in [4.78, 5) is 17.9. The molecule has 0 atom stereocenters. The van der Waals surface area contributed by atoms with E-state index in [0.29, 0.717) is 19.0 Å². The van der Waals surface area contributed by atoms with Crippen LogP contribution < -0.4 is 11.1 Å². The lowest BCUT2D eigenvalue weighted by atomic mass is 9.70. The van der Waals surface area contributed by atoms with Crippen molar-refractivity contribution in [2.24, 2.45) is 17.1 Å². The molecule has 0 aliphatic heterocycles. The van der Waals surface area contributed by atoms with E-state index in [1.54, 1.807) is 11.3 Å². The number of hydrogen-bond donors (Lipinski definition) is 2. The number of aryl methyl sites for hydroxylation is 1. The van der Waals surface area contributed by atoms with Crippen molar-refractivity contribution in [1.82, 2.24) is 10.3 Å². The summed E-state index contributed by atoms with van der Waals surface area (Å²) in [6, 6.07) is 0. The minimum Gasteiger partial charge on any atom is -0.349 e. The zero-order valence-electron chi connectivity index (χ0n) is 11.7. The molecular formula is C14H23N3OS. The molecule has 1 aliphatic carbocycles. The minimum atomic E-state index is -0.348. The predicted molar refractivity (Wildman–Crippen MR) is 77.8 cm³/mol. The molecule has 19 heavy (non-hydrogen) atoms. The fourth-order valence-electron chi connectivity index (χ4n) is 2.67. The summed E-state index contributed by atoms with van der Waals surface area (Å²) >= 11 is 1.63. The van der Waals surface area contributed by atoms with Gasteiger partial charge < -0.3 is 11.1 Å². The molecule has 4 nitrogen and oxygen atoms in total. The second kappa shape index (κ2) is 6.01. The number of carbonyl (C=O) groups is 1. The Kier molecular flexibility index (Phi) is 4.58. The number of nitrogens with two attached hydrogens (primary N) is 1. The number of amides is 1. The van der Waals surface area contributed by atoms with Gasteiger partial charge in [0.2, 0.25) is 5.91 Å². The van der Waals surface area contributed by atoms with Crippen molar-refractivity contribution < 1.29 is 4.79 Å². The van der Waals surface area contributed by atoms with Crippen LogP contribution in [0.3, 0.4) is 0 Å². The number of nitrogens with zero attached hydrogens (tertiary/aromatic N) is 1. The van der Waals surface area contributed by atoms with E-state index in [9.17, 15) is 4.79 Å². The highest BCUT2D eigenvalue weighted by Gasteiger charge is 2.39. The minimum absolute atomic E-state index is 0.106. The highest BCUT2D eigenvalue weighted by Crippen LogP contribution is 2.38. The quantitative estimate of drug-likeness (QED) is 0.889. The van der Waals surface area contributed by atoms with E-state index in [-0.39, 0.29) is 11.3 Å². The van der Waals surface area contributed by atoms with Gasteiger partial charge in [-0.1, -0.05) is 6.92 Å². The first kappa shape index (κ1) is 14.5. The van der Waals surface area contributed by atoms with Crippen molar-refractivity contribution in [3.05, 3.63) is 16.1 Å². The summed E-state index contributed by atoms with van der Waals surface area (Å²) in [5.74, 6) is 0.823. The molecule has 0 bridgehead atoms. The molecule has 1 fully saturated rings. The summed E-state index contributed by atoms with van der Waals surface area (Å²) < 4.78 is 0. The lowest BCUT2D eigenvalue weighted by molar-refractivity contribution is -0.133. The molecule has 1 heterocycles. The molecule has 1 aromatic heterocycles. The molecule has 0 unspecified atom stereocenters. The predicted octanol–water partition coefficient (Wildman–Crippen LogP) is 2.22. The maximum Gasteiger partial charge on any atom is 0.227 e. The summed E-state index contributed by atoms with van der Waals surface area (Å²) in [7, 11) is 0. The normalized spacial score (nSPS) is 27.2. The third kappa shape index (κ3) is 3.34. The fourth-order valence-corrected chi connectivity index (χ4v) is 3.39. The van der Waals surface area contributed by atoms with Crippen LogP contribution in [0.4, 0.5) is 0 Å². The second-order valence-corrected chi connectivity index (χ2v) is 7.03. The Balaban J connectivity index is 1.93. The molecule has 0 aromatic carbocycles. The van der Waals surface area contributed by atoms with Crippen molar-refractivity contribution in [3.63, 3.8) is 0 Å². The van der Waals surface area contributed by atoms with E-state index in [1.807, 2.05) is 13.1 Å².